The van der Waals surface area contributed by atoms with E-state index in [9.17, 15) is 4.79 Å². The van der Waals surface area contributed by atoms with Crippen LogP contribution in [0.1, 0.15) is 62.6 Å². The maximum Gasteiger partial charge on any atom is 0.265 e. The minimum Gasteiger partial charge on any atom is -0.481 e. The second-order valence-electron chi connectivity index (χ2n) is 7.44. The van der Waals surface area contributed by atoms with Crippen LogP contribution in [-0.4, -0.2) is 12.0 Å². The van der Waals surface area contributed by atoms with Gasteiger partial charge in [-0.15, -0.1) is 0 Å². The number of carbonyl (C=O) groups excluding carboxylic acids is 1. The fraction of sp³-hybridized carbons (Fsp3) is 0.458. The molecule has 1 aliphatic rings. The number of amides is 1. The molecule has 0 bridgehead atoms. The van der Waals surface area contributed by atoms with Crippen molar-refractivity contribution < 1.29 is 9.53 Å². The molecular weight excluding hydrogens is 334 g/mol. The second kappa shape index (κ2) is 9.59. The van der Waals surface area contributed by atoms with E-state index in [-0.39, 0.29) is 5.91 Å². The third-order valence-electron chi connectivity index (χ3n) is 5.30. The molecule has 0 aromatic heterocycles. The van der Waals surface area contributed by atoms with Crippen molar-refractivity contribution in [1.29, 1.82) is 0 Å². The molecule has 3 nitrogen and oxygen atoms in total. The summed E-state index contributed by atoms with van der Waals surface area (Å²) in [4.78, 5) is 12.7. The van der Waals surface area contributed by atoms with Crippen LogP contribution in [-0.2, 0) is 24.1 Å². The van der Waals surface area contributed by atoms with Crippen LogP contribution >= 0.6 is 0 Å². The molecule has 1 aliphatic carbocycles. The zero-order valence-electron chi connectivity index (χ0n) is 16.6. The van der Waals surface area contributed by atoms with Gasteiger partial charge in [0.1, 0.15) is 5.75 Å². The van der Waals surface area contributed by atoms with Crippen LogP contribution in [0.15, 0.2) is 42.5 Å². The Kier molecular flexibility index (Phi) is 6.92. The van der Waals surface area contributed by atoms with Gasteiger partial charge in [-0.2, -0.15) is 0 Å². The van der Waals surface area contributed by atoms with Crippen LogP contribution in [0.2, 0.25) is 0 Å². The van der Waals surface area contributed by atoms with Crippen molar-refractivity contribution in [3.05, 3.63) is 59.2 Å². The number of benzene rings is 2. The van der Waals surface area contributed by atoms with Gasteiger partial charge < -0.3 is 10.1 Å². The average molecular weight is 366 g/mol. The van der Waals surface area contributed by atoms with Crippen molar-refractivity contribution in [2.75, 3.05) is 5.32 Å². The number of carbonyl (C=O) groups is 1. The lowest BCUT2D eigenvalue weighted by atomic mass is 9.92. The molecule has 2 aromatic rings. The fourth-order valence-electron chi connectivity index (χ4n) is 3.63. The second-order valence-corrected chi connectivity index (χ2v) is 7.44. The summed E-state index contributed by atoms with van der Waals surface area (Å²) >= 11 is 0. The molecule has 144 valence electrons. The molecule has 3 heteroatoms. The molecule has 0 heterocycles. The minimum absolute atomic E-state index is 0.0865. The Bertz CT molecular complexity index is 751. The molecule has 3 rings (SSSR count). The molecule has 1 unspecified atom stereocenters. The largest absolute Gasteiger partial charge is 0.481 e. The summed E-state index contributed by atoms with van der Waals surface area (Å²) in [6, 6.07) is 14.4. The van der Waals surface area contributed by atoms with Gasteiger partial charge in [-0.05, 0) is 85.9 Å². The normalized spacial score (nSPS) is 14.3. The van der Waals surface area contributed by atoms with E-state index in [0.29, 0.717) is 6.42 Å². The molecule has 0 radical (unpaired) electrons. The lowest BCUT2D eigenvalue weighted by Gasteiger charge is -2.20. The Balaban J connectivity index is 1.60. The molecule has 0 spiro atoms. The Morgan fingerprint density at radius 2 is 1.78 bits per heavy atom. The van der Waals surface area contributed by atoms with Crippen molar-refractivity contribution in [3.8, 4) is 5.75 Å². The third kappa shape index (κ3) is 5.35. The molecule has 1 N–H and O–H groups in total. The van der Waals surface area contributed by atoms with E-state index in [2.05, 4.69) is 36.5 Å². The van der Waals surface area contributed by atoms with Crippen LogP contribution in [0.5, 0.6) is 5.75 Å². The average Bonchev–Trinajstić information content (AvgIpc) is 2.71. The smallest absolute Gasteiger partial charge is 0.265 e. The summed E-state index contributed by atoms with van der Waals surface area (Å²) in [6.45, 7) is 4.18. The fourth-order valence-corrected chi connectivity index (χ4v) is 3.63. The predicted molar refractivity (Wildman–Crippen MR) is 111 cm³/mol. The van der Waals surface area contributed by atoms with Crippen molar-refractivity contribution in [2.24, 2.45) is 0 Å². The summed E-state index contributed by atoms with van der Waals surface area (Å²) in [7, 11) is 0. The number of fused-ring (bicyclic) bond motifs is 1. The first-order chi connectivity index (χ1) is 13.2. The van der Waals surface area contributed by atoms with Gasteiger partial charge in [0.15, 0.2) is 6.10 Å². The number of anilines is 1. The van der Waals surface area contributed by atoms with Crippen molar-refractivity contribution in [2.45, 2.75) is 71.3 Å². The summed E-state index contributed by atoms with van der Waals surface area (Å²) in [6.07, 6.45) is 8.40. The van der Waals surface area contributed by atoms with E-state index in [1.54, 1.807) is 0 Å². The van der Waals surface area contributed by atoms with Crippen LogP contribution < -0.4 is 10.1 Å². The lowest BCUT2D eigenvalue weighted by Crippen LogP contribution is -2.32. The Morgan fingerprint density at radius 1 is 1.04 bits per heavy atom. The van der Waals surface area contributed by atoms with Gasteiger partial charge in [-0.1, -0.05) is 38.5 Å². The lowest BCUT2D eigenvalue weighted by molar-refractivity contribution is -0.122. The highest BCUT2D eigenvalue weighted by Crippen LogP contribution is 2.26. The van der Waals surface area contributed by atoms with E-state index in [1.807, 2.05) is 25.1 Å². The van der Waals surface area contributed by atoms with Gasteiger partial charge in [-0.3, -0.25) is 4.79 Å². The highest BCUT2D eigenvalue weighted by Gasteiger charge is 2.19. The van der Waals surface area contributed by atoms with Crippen LogP contribution in [0.3, 0.4) is 0 Å². The summed E-state index contributed by atoms with van der Waals surface area (Å²) in [5, 5.41) is 2.99. The molecule has 0 aliphatic heterocycles. The zero-order chi connectivity index (χ0) is 19.1. The van der Waals surface area contributed by atoms with Crippen molar-refractivity contribution in [1.82, 2.24) is 0 Å². The van der Waals surface area contributed by atoms with E-state index in [0.717, 1.165) is 30.7 Å². The number of aryl methyl sites for hydroxylation is 3. The number of unbranched alkanes of at least 4 members (excludes halogenated alkanes) is 1. The molecule has 1 amide bonds. The van der Waals surface area contributed by atoms with Crippen LogP contribution in [0, 0.1) is 0 Å². The molecular formula is C24H31NO2. The maximum absolute atomic E-state index is 12.7. The van der Waals surface area contributed by atoms with Crippen LogP contribution in [0.4, 0.5) is 5.69 Å². The first kappa shape index (κ1) is 19.5. The zero-order valence-corrected chi connectivity index (χ0v) is 16.6. The van der Waals surface area contributed by atoms with E-state index < -0.39 is 6.10 Å². The molecule has 1 atom stereocenters. The van der Waals surface area contributed by atoms with Gasteiger partial charge in [0, 0.05) is 5.69 Å². The van der Waals surface area contributed by atoms with Crippen molar-refractivity contribution >= 4 is 11.6 Å². The summed E-state index contributed by atoms with van der Waals surface area (Å²) in [5.41, 5.74) is 4.94. The highest BCUT2D eigenvalue weighted by atomic mass is 16.5. The van der Waals surface area contributed by atoms with E-state index in [4.69, 9.17) is 4.74 Å². The summed E-state index contributed by atoms with van der Waals surface area (Å²) < 4.78 is 6.03. The van der Waals surface area contributed by atoms with Gasteiger partial charge in [0.2, 0.25) is 0 Å². The quantitative estimate of drug-likeness (QED) is 0.651. The van der Waals surface area contributed by atoms with Gasteiger partial charge in [0.05, 0.1) is 0 Å². The third-order valence-corrected chi connectivity index (χ3v) is 5.30. The van der Waals surface area contributed by atoms with E-state index >= 15 is 0 Å². The number of rotatable bonds is 8. The first-order valence-corrected chi connectivity index (χ1v) is 10.4. The number of ether oxygens (including phenoxy) is 1. The number of hydrogen-bond acceptors (Lipinski definition) is 2. The monoisotopic (exact) mass is 365 g/mol. The van der Waals surface area contributed by atoms with Gasteiger partial charge in [0.25, 0.3) is 5.91 Å². The molecule has 2 aromatic carbocycles. The standard InChI is InChI=1S/C24H31NO2/c1-3-5-8-18-11-14-21(15-12-18)25-24(26)23(4-2)27-22-16-13-19-9-6-7-10-20(19)17-22/h11-17,23H,3-10H2,1-2H3,(H,25,26). The molecule has 0 saturated carbocycles. The number of nitrogens with one attached hydrogen (secondary N) is 1. The Hall–Kier alpha value is -2.29. The highest BCUT2D eigenvalue weighted by molar-refractivity contribution is 5.94. The molecule has 0 saturated heterocycles. The van der Waals surface area contributed by atoms with Gasteiger partial charge >= 0.3 is 0 Å². The van der Waals surface area contributed by atoms with Crippen LogP contribution in [0.25, 0.3) is 0 Å². The Labute approximate surface area is 163 Å². The van der Waals surface area contributed by atoms with Gasteiger partial charge in [-0.25, -0.2) is 0 Å². The number of hydrogen-bond donors (Lipinski definition) is 1. The SMILES string of the molecule is CCCCc1ccc(NC(=O)C(CC)Oc2ccc3c(c2)CCCC3)cc1. The molecule has 27 heavy (non-hydrogen) atoms. The van der Waals surface area contributed by atoms with Crippen molar-refractivity contribution in [3.63, 3.8) is 0 Å². The van der Waals surface area contributed by atoms with E-state index in [1.165, 1.54) is 42.4 Å². The minimum atomic E-state index is -0.480. The maximum atomic E-state index is 12.7. The first-order valence-electron chi connectivity index (χ1n) is 10.4. The molecule has 0 fully saturated rings. The predicted octanol–water partition coefficient (Wildman–Crippen LogP) is 5.70. The summed E-state index contributed by atoms with van der Waals surface area (Å²) in [5.74, 6) is 0.712. The topological polar surface area (TPSA) is 38.3 Å². The Morgan fingerprint density at radius 3 is 2.48 bits per heavy atom.